The predicted octanol–water partition coefficient (Wildman–Crippen LogP) is 2.07. The van der Waals surface area contributed by atoms with Gasteiger partial charge >= 0.3 is 0 Å². The molecule has 1 amide bonds. The van der Waals surface area contributed by atoms with Crippen molar-refractivity contribution in [2.24, 2.45) is 0 Å². The van der Waals surface area contributed by atoms with E-state index < -0.39 is 0 Å². The standard InChI is InChI=1S/C18H23N5O/c1-14-19-7-6-18(20-14)23-10-8-22(9-11-23)13-16-4-3-5-17(12-16)21-15(2)24/h3-7,12H,8-11,13H2,1-2H3,(H,21,24). The molecule has 1 aliphatic rings. The van der Waals surface area contributed by atoms with E-state index in [2.05, 4.69) is 31.2 Å². The molecule has 6 heteroatoms. The van der Waals surface area contributed by atoms with Crippen LogP contribution in [0.3, 0.4) is 0 Å². The molecular formula is C18H23N5O. The number of anilines is 2. The largest absolute Gasteiger partial charge is 0.354 e. The molecule has 0 aliphatic carbocycles. The summed E-state index contributed by atoms with van der Waals surface area (Å²) in [5.74, 6) is 1.78. The quantitative estimate of drug-likeness (QED) is 0.932. The number of piperazine rings is 1. The van der Waals surface area contributed by atoms with Gasteiger partial charge in [-0.3, -0.25) is 9.69 Å². The molecule has 2 heterocycles. The zero-order valence-corrected chi connectivity index (χ0v) is 14.2. The highest BCUT2D eigenvalue weighted by atomic mass is 16.1. The van der Waals surface area contributed by atoms with Gasteiger partial charge in [-0.15, -0.1) is 0 Å². The van der Waals surface area contributed by atoms with Crippen LogP contribution in [0.4, 0.5) is 11.5 Å². The highest BCUT2D eigenvalue weighted by Crippen LogP contribution is 2.16. The highest BCUT2D eigenvalue weighted by molar-refractivity contribution is 5.88. The van der Waals surface area contributed by atoms with Crippen LogP contribution in [0.5, 0.6) is 0 Å². The van der Waals surface area contributed by atoms with Gasteiger partial charge in [0.05, 0.1) is 0 Å². The van der Waals surface area contributed by atoms with Crippen molar-refractivity contribution in [2.45, 2.75) is 20.4 Å². The number of nitrogens with one attached hydrogen (secondary N) is 1. The number of carbonyl (C=O) groups is 1. The first-order valence-electron chi connectivity index (χ1n) is 8.23. The van der Waals surface area contributed by atoms with Crippen LogP contribution in [0.15, 0.2) is 36.5 Å². The monoisotopic (exact) mass is 325 g/mol. The lowest BCUT2D eigenvalue weighted by atomic mass is 10.1. The van der Waals surface area contributed by atoms with Crippen LogP contribution in [0.25, 0.3) is 0 Å². The molecule has 0 spiro atoms. The van der Waals surface area contributed by atoms with E-state index in [1.807, 2.05) is 37.4 Å². The SMILES string of the molecule is CC(=O)Nc1cccc(CN2CCN(c3ccnc(C)n3)CC2)c1. The summed E-state index contributed by atoms with van der Waals surface area (Å²) in [7, 11) is 0. The molecule has 6 nitrogen and oxygen atoms in total. The first-order valence-corrected chi connectivity index (χ1v) is 8.23. The summed E-state index contributed by atoms with van der Waals surface area (Å²) in [6.45, 7) is 8.25. The Bertz CT molecular complexity index is 710. The molecule has 0 unspecified atom stereocenters. The Hall–Kier alpha value is -2.47. The number of rotatable bonds is 4. The Morgan fingerprint density at radius 1 is 1.21 bits per heavy atom. The average Bonchev–Trinajstić information content (AvgIpc) is 2.55. The molecule has 3 rings (SSSR count). The summed E-state index contributed by atoms with van der Waals surface area (Å²) in [6, 6.07) is 10.0. The lowest BCUT2D eigenvalue weighted by Crippen LogP contribution is -2.46. The second-order valence-corrected chi connectivity index (χ2v) is 6.11. The van der Waals surface area contributed by atoms with E-state index in [0.29, 0.717) is 0 Å². The number of hydrogen-bond acceptors (Lipinski definition) is 5. The van der Waals surface area contributed by atoms with Gasteiger partial charge in [0.15, 0.2) is 0 Å². The van der Waals surface area contributed by atoms with Crippen molar-refractivity contribution in [2.75, 3.05) is 36.4 Å². The van der Waals surface area contributed by atoms with Crippen LogP contribution in [0.1, 0.15) is 18.3 Å². The van der Waals surface area contributed by atoms with Gasteiger partial charge in [-0.1, -0.05) is 12.1 Å². The van der Waals surface area contributed by atoms with Gasteiger partial charge in [0.1, 0.15) is 11.6 Å². The molecular weight excluding hydrogens is 302 g/mol. The molecule has 0 radical (unpaired) electrons. The van der Waals surface area contributed by atoms with Crippen molar-refractivity contribution in [1.82, 2.24) is 14.9 Å². The van der Waals surface area contributed by atoms with Gasteiger partial charge in [0.2, 0.25) is 5.91 Å². The molecule has 1 aromatic carbocycles. The second kappa shape index (κ2) is 7.40. The number of aromatic nitrogens is 2. The first-order chi connectivity index (χ1) is 11.6. The molecule has 1 aliphatic heterocycles. The molecule has 1 saturated heterocycles. The van der Waals surface area contributed by atoms with E-state index in [1.54, 1.807) is 0 Å². The first kappa shape index (κ1) is 16.4. The fourth-order valence-electron chi connectivity index (χ4n) is 2.96. The third-order valence-electron chi connectivity index (χ3n) is 4.11. The van der Waals surface area contributed by atoms with Crippen molar-refractivity contribution >= 4 is 17.4 Å². The highest BCUT2D eigenvalue weighted by Gasteiger charge is 2.18. The van der Waals surface area contributed by atoms with Crippen molar-refractivity contribution < 1.29 is 4.79 Å². The summed E-state index contributed by atoms with van der Waals surface area (Å²) in [5.41, 5.74) is 2.07. The summed E-state index contributed by atoms with van der Waals surface area (Å²) in [5, 5.41) is 2.84. The maximum atomic E-state index is 11.2. The number of carbonyl (C=O) groups excluding carboxylic acids is 1. The van der Waals surface area contributed by atoms with Gasteiger partial charge < -0.3 is 10.2 Å². The Morgan fingerprint density at radius 3 is 2.71 bits per heavy atom. The fourth-order valence-corrected chi connectivity index (χ4v) is 2.96. The van der Waals surface area contributed by atoms with Crippen molar-refractivity contribution in [3.8, 4) is 0 Å². The predicted molar refractivity (Wildman–Crippen MR) is 95.0 cm³/mol. The topological polar surface area (TPSA) is 61.4 Å². The minimum atomic E-state index is -0.0408. The average molecular weight is 325 g/mol. The zero-order chi connectivity index (χ0) is 16.9. The van der Waals surface area contributed by atoms with Crippen LogP contribution < -0.4 is 10.2 Å². The van der Waals surface area contributed by atoms with Crippen molar-refractivity contribution in [1.29, 1.82) is 0 Å². The maximum Gasteiger partial charge on any atom is 0.221 e. The lowest BCUT2D eigenvalue weighted by Gasteiger charge is -2.35. The third-order valence-corrected chi connectivity index (χ3v) is 4.11. The van der Waals surface area contributed by atoms with E-state index in [1.165, 1.54) is 12.5 Å². The summed E-state index contributed by atoms with van der Waals surface area (Å²) in [4.78, 5) is 24.6. The Balaban J connectivity index is 1.56. The normalized spacial score (nSPS) is 15.3. The Morgan fingerprint density at radius 2 is 2.00 bits per heavy atom. The van der Waals surface area contributed by atoms with Gasteiger partial charge in [0, 0.05) is 51.5 Å². The number of nitrogens with zero attached hydrogens (tertiary/aromatic N) is 4. The molecule has 0 bridgehead atoms. The van der Waals surface area contributed by atoms with Gasteiger partial charge in [0.25, 0.3) is 0 Å². The van der Waals surface area contributed by atoms with Crippen LogP contribution in [0, 0.1) is 6.92 Å². The third kappa shape index (κ3) is 4.29. The molecule has 0 saturated carbocycles. The van der Waals surface area contributed by atoms with Crippen LogP contribution in [0.2, 0.25) is 0 Å². The Labute approximate surface area is 142 Å². The minimum Gasteiger partial charge on any atom is -0.354 e. The van der Waals surface area contributed by atoms with Crippen LogP contribution >= 0.6 is 0 Å². The van der Waals surface area contributed by atoms with Gasteiger partial charge in [-0.25, -0.2) is 9.97 Å². The number of amides is 1. The minimum absolute atomic E-state index is 0.0408. The molecule has 1 aromatic heterocycles. The zero-order valence-electron chi connectivity index (χ0n) is 14.2. The number of aryl methyl sites for hydroxylation is 1. The number of hydrogen-bond donors (Lipinski definition) is 1. The second-order valence-electron chi connectivity index (χ2n) is 6.11. The summed E-state index contributed by atoms with van der Waals surface area (Å²) < 4.78 is 0. The van der Waals surface area contributed by atoms with E-state index in [-0.39, 0.29) is 5.91 Å². The fraction of sp³-hybridized carbons (Fsp3) is 0.389. The van der Waals surface area contributed by atoms with Crippen LogP contribution in [-0.2, 0) is 11.3 Å². The molecule has 24 heavy (non-hydrogen) atoms. The smallest absolute Gasteiger partial charge is 0.221 e. The Kier molecular flexibility index (Phi) is 5.05. The van der Waals surface area contributed by atoms with Crippen molar-refractivity contribution in [3.05, 3.63) is 47.9 Å². The van der Waals surface area contributed by atoms with E-state index >= 15 is 0 Å². The van der Waals surface area contributed by atoms with Crippen molar-refractivity contribution in [3.63, 3.8) is 0 Å². The van der Waals surface area contributed by atoms with Crippen LogP contribution in [-0.4, -0.2) is 47.0 Å². The van der Waals surface area contributed by atoms with Gasteiger partial charge in [-0.05, 0) is 30.7 Å². The van der Waals surface area contributed by atoms with E-state index in [9.17, 15) is 4.79 Å². The molecule has 126 valence electrons. The van der Waals surface area contributed by atoms with E-state index in [0.717, 1.165) is 50.1 Å². The van der Waals surface area contributed by atoms with E-state index in [4.69, 9.17) is 0 Å². The molecule has 2 aromatic rings. The molecule has 0 atom stereocenters. The lowest BCUT2D eigenvalue weighted by molar-refractivity contribution is -0.114. The number of benzene rings is 1. The molecule has 1 fully saturated rings. The summed E-state index contributed by atoms with van der Waals surface area (Å²) >= 11 is 0. The maximum absolute atomic E-state index is 11.2. The molecule has 1 N–H and O–H groups in total. The van der Waals surface area contributed by atoms with Gasteiger partial charge in [-0.2, -0.15) is 0 Å². The summed E-state index contributed by atoms with van der Waals surface area (Å²) in [6.07, 6.45) is 1.82.